The van der Waals surface area contributed by atoms with Gasteiger partial charge in [-0.3, -0.25) is 4.79 Å². The number of carbonyl (C=O) groups is 2. The van der Waals surface area contributed by atoms with Crippen molar-refractivity contribution in [2.75, 3.05) is 27.4 Å². The lowest BCUT2D eigenvalue weighted by atomic mass is 9.32. The van der Waals surface area contributed by atoms with E-state index in [4.69, 9.17) is 14.2 Å². The Hall–Kier alpha value is -2.84. The van der Waals surface area contributed by atoms with Gasteiger partial charge in [-0.1, -0.05) is 51.3 Å². The van der Waals surface area contributed by atoms with Crippen LogP contribution in [-0.4, -0.2) is 66.1 Å². The van der Waals surface area contributed by atoms with Gasteiger partial charge in [-0.2, -0.15) is 0 Å². The number of fused-ring (bicyclic) bond motifs is 1. The summed E-state index contributed by atoms with van der Waals surface area (Å²) in [6.07, 6.45) is 17.0. The highest BCUT2D eigenvalue weighted by atomic mass is 16.6. The zero-order valence-electron chi connectivity index (χ0n) is 30.3. The number of Topliss-reactive ketones (excluding diaryl/α,β-unsaturated/α-hetero) is 1. The SMILES string of the molecule is CCOC(=O)N(Cc1ccc(OC)cc1OC)C[C@]1(O)CC[C@H]2[C@]34C=C[C@@]5(C=C3C(=O)C3CCCCC3)CC(O)CC[C@]5(C)[C@H]4CC[C@@]21C. The molecule has 0 aliphatic heterocycles. The molecule has 1 amide bonds. The van der Waals surface area contributed by atoms with Gasteiger partial charge in [-0.05, 0) is 94.1 Å². The van der Waals surface area contributed by atoms with E-state index in [-0.39, 0.29) is 54.4 Å². The van der Waals surface area contributed by atoms with Crippen LogP contribution in [0, 0.1) is 39.4 Å². The standard InChI is InChI=1S/C41H57NO7/c1-6-49-36(45)42(25-28-12-13-30(47-4)22-32(28)48-5)26-40(46)19-16-34-38(40,3)18-15-33-37(2)17-14-29(43)23-39(37)20-21-41(33,34)31(24-39)35(44)27-10-8-7-9-11-27/h12-13,20-22,24,27,29,33-34,43,46H,6-11,14-19,23,25-26H2,1-5H3/t29?,33-,34-,37-,38+,39+,40-,41-/m1/s1. The second-order valence-electron chi connectivity index (χ2n) is 16.7. The number of methoxy groups -OCH3 is 2. The molecule has 49 heavy (non-hydrogen) atoms. The lowest BCUT2D eigenvalue weighted by Gasteiger charge is -2.71. The van der Waals surface area contributed by atoms with Gasteiger partial charge in [0, 0.05) is 39.4 Å². The van der Waals surface area contributed by atoms with Gasteiger partial charge in [-0.25, -0.2) is 4.79 Å². The first-order valence-electron chi connectivity index (χ1n) is 18.9. The van der Waals surface area contributed by atoms with Crippen molar-refractivity contribution in [2.45, 2.75) is 116 Å². The van der Waals surface area contributed by atoms with Gasteiger partial charge in [0.1, 0.15) is 11.5 Å². The average molecular weight is 676 g/mol. The van der Waals surface area contributed by atoms with Crippen LogP contribution in [0.5, 0.6) is 11.5 Å². The number of aliphatic hydroxyl groups is 2. The van der Waals surface area contributed by atoms with Crippen LogP contribution in [0.25, 0.3) is 0 Å². The Morgan fingerprint density at radius 2 is 1.63 bits per heavy atom. The quantitative estimate of drug-likeness (QED) is 0.263. The molecule has 4 fully saturated rings. The van der Waals surface area contributed by atoms with E-state index in [1.54, 1.807) is 32.1 Å². The zero-order chi connectivity index (χ0) is 34.8. The number of nitrogens with zero attached hydrogens (tertiary/aromatic N) is 1. The van der Waals surface area contributed by atoms with Gasteiger partial charge in [0.2, 0.25) is 0 Å². The van der Waals surface area contributed by atoms with E-state index in [2.05, 4.69) is 32.1 Å². The number of ether oxygens (including phenoxy) is 3. The highest BCUT2D eigenvalue weighted by Gasteiger charge is 2.74. The maximum atomic E-state index is 14.8. The molecule has 7 aliphatic carbocycles. The Kier molecular flexibility index (Phi) is 8.78. The number of ketones is 1. The van der Waals surface area contributed by atoms with Crippen LogP contribution in [0.1, 0.15) is 103 Å². The van der Waals surface area contributed by atoms with Gasteiger partial charge in [0.25, 0.3) is 0 Å². The summed E-state index contributed by atoms with van der Waals surface area (Å²) in [6.45, 7) is 7.03. The maximum Gasteiger partial charge on any atom is 0.410 e. The molecule has 8 heteroatoms. The molecule has 7 aliphatic rings. The van der Waals surface area contributed by atoms with Gasteiger partial charge in [0.15, 0.2) is 5.78 Å². The molecule has 8 atom stereocenters. The van der Waals surface area contributed by atoms with Crippen molar-refractivity contribution in [1.29, 1.82) is 0 Å². The normalized spacial score (nSPS) is 39.3. The third kappa shape index (κ3) is 5.04. The summed E-state index contributed by atoms with van der Waals surface area (Å²) in [4.78, 5) is 30.1. The van der Waals surface area contributed by atoms with E-state index in [1.165, 1.54) is 6.42 Å². The van der Waals surface area contributed by atoms with Crippen LogP contribution in [-0.2, 0) is 16.1 Å². The molecule has 8 rings (SSSR count). The Morgan fingerprint density at radius 1 is 0.918 bits per heavy atom. The second kappa shape index (κ2) is 12.4. The smallest absolute Gasteiger partial charge is 0.410 e. The monoisotopic (exact) mass is 675 g/mol. The Balaban J connectivity index is 1.27. The number of hydrogen-bond acceptors (Lipinski definition) is 7. The number of hydrogen-bond donors (Lipinski definition) is 2. The summed E-state index contributed by atoms with van der Waals surface area (Å²) in [5.41, 5.74) is -0.819. The Bertz CT molecular complexity index is 1530. The first-order chi connectivity index (χ1) is 23.4. The molecule has 2 N–H and O–H groups in total. The molecule has 1 unspecified atom stereocenters. The molecule has 1 aromatic rings. The molecule has 0 aromatic heterocycles. The Morgan fingerprint density at radius 3 is 2.35 bits per heavy atom. The molecule has 0 radical (unpaired) electrons. The molecule has 4 saturated carbocycles. The molecule has 2 spiro atoms. The van der Waals surface area contributed by atoms with Gasteiger partial charge < -0.3 is 29.3 Å². The van der Waals surface area contributed by atoms with E-state index < -0.39 is 22.5 Å². The Labute approximate surface area is 292 Å². The molecular formula is C41H57NO7. The van der Waals surface area contributed by atoms with Crippen molar-refractivity contribution in [3.05, 3.63) is 47.6 Å². The predicted octanol–water partition coefficient (Wildman–Crippen LogP) is 7.40. The number of allylic oxidation sites excluding steroid dienone is 4. The minimum atomic E-state index is -1.19. The van der Waals surface area contributed by atoms with Crippen LogP contribution in [0.2, 0.25) is 0 Å². The molecule has 8 nitrogen and oxygen atoms in total. The molecule has 1 aromatic carbocycles. The van der Waals surface area contributed by atoms with E-state index in [0.29, 0.717) is 30.1 Å². The van der Waals surface area contributed by atoms with Crippen LogP contribution in [0.15, 0.2) is 42.0 Å². The fourth-order valence-corrected chi connectivity index (χ4v) is 12.1. The van der Waals surface area contributed by atoms with E-state index in [0.717, 1.165) is 68.9 Å². The van der Waals surface area contributed by atoms with Crippen molar-refractivity contribution in [1.82, 2.24) is 4.90 Å². The van der Waals surface area contributed by atoms with Crippen LogP contribution in [0.3, 0.4) is 0 Å². The number of amides is 1. The summed E-state index contributed by atoms with van der Waals surface area (Å²) in [5, 5.41) is 24.0. The number of aliphatic hydroxyl groups excluding tert-OH is 1. The molecule has 2 bridgehead atoms. The van der Waals surface area contributed by atoms with Crippen molar-refractivity contribution >= 4 is 11.9 Å². The highest BCUT2D eigenvalue weighted by Crippen LogP contribution is 2.78. The highest BCUT2D eigenvalue weighted by molar-refractivity contribution is 6.00. The summed E-state index contributed by atoms with van der Waals surface area (Å²) in [6, 6.07) is 5.55. The minimum absolute atomic E-state index is 0.0420. The van der Waals surface area contributed by atoms with Crippen molar-refractivity contribution in [3.8, 4) is 11.5 Å². The minimum Gasteiger partial charge on any atom is -0.497 e. The second-order valence-corrected chi connectivity index (χ2v) is 16.7. The topological polar surface area (TPSA) is 106 Å². The van der Waals surface area contributed by atoms with Crippen LogP contribution >= 0.6 is 0 Å². The molecular weight excluding hydrogens is 618 g/mol. The summed E-state index contributed by atoms with van der Waals surface area (Å²) in [7, 11) is 3.21. The van der Waals surface area contributed by atoms with Crippen molar-refractivity contribution < 1.29 is 34.0 Å². The third-order valence-corrected chi connectivity index (χ3v) is 14.8. The summed E-state index contributed by atoms with van der Waals surface area (Å²) < 4.78 is 16.7. The molecule has 268 valence electrons. The maximum absolute atomic E-state index is 14.8. The largest absolute Gasteiger partial charge is 0.497 e. The fourth-order valence-electron chi connectivity index (χ4n) is 12.1. The first kappa shape index (κ1) is 34.6. The summed E-state index contributed by atoms with van der Waals surface area (Å²) >= 11 is 0. The summed E-state index contributed by atoms with van der Waals surface area (Å²) in [5.74, 6) is 1.93. The van der Waals surface area contributed by atoms with Crippen molar-refractivity contribution in [3.63, 3.8) is 0 Å². The van der Waals surface area contributed by atoms with E-state index in [9.17, 15) is 19.8 Å². The third-order valence-electron chi connectivity index (χ3n) is 14.8. The van der Waals surface area contributed by atoms with E-state index >= 15 is 0 Å². The van der Waals surface area contributed by atoms with Gasteiger partial charge in [-0.15, -0.1) is 0 Å². The fraction of sp³-hybridized carbons (Fsp3) is 0.707. The average Bonchev–Trinajstić information content (AvgIpc) is 3.38. The lowest BCUT2D eigenvalue weighted by molar-refractivity contribution is -0.179. The van der Waals surface area contributed by atoms with Gasteiger partial charge >= 0.3 is 6.09 Å². The van der Waals surface area contributed by atoms with Crippen molar-refractivity contribution in [2.24, 2.45) is 39.4 Å². The first-order valence-corrected chi connectivity index (χ1v) is 18.9. The lowest BCUT2D eigenvalue weighted by Crippen LogP contribution is -2.67. The van der Waals surface area contributed by atoms with Crippen LogP contribution < -0.4 is 9.47 Å². The number of benzene rings is 1. The molecule has 0 heterocycles. The van der Waals surface area contributed by atoms with Gasteiger partial charge in [0.05, 0.1) is 45.6 Å². The number of rotatable bonds is 9. The number of carbonyl (C=O) groups excluding carboxylic acids is 2. The van der Waals surface area contributed by atoms with Crippen LogP contribution in [0.4, 0.5) is 4.79 Å². The predicted molar refractivity (Wildman–Crippen MR) is 187 cm³/mol. The molecule has 0 saturated heterocycles. The zero-order valence-corrected chi connectivity index (χ0v) is 30.3. The van der Waals surface area contributed by atoms with E-state index in [1.807, 2.05) is 12.1 Å².